The third kappa shape index (κ3) is 5.57. The highest BCUT2D eigenvalue weighted by Gasteiger charge is 2.54. The maximum Gasteiger partial charge on any atom is 0.263 e. The van der Waals surface area contributed by atoms with Crippen molar-refractivity contribution in [2.45, 2.75) is 76.4 Å². The van der Waals surface area contributed by atoms with E-state index in [2.05, 4.69) is 25.7 Å². The van der Waals surface area contributed by atoms with Gasteiger partial charge in [-0.15, -0.1) is 0 Å². The first kappa shape index (κ1) is 32.4. The summed E-state index contributed by atoms with van der Waals surface area (Å²) in [6.45, 7) is 8.67. The van der Waals surface area contributed by atoms with Crippen molar-refractivity contribution in [3.8, 4) is 0 Å². The van der Waals surface area contributed by atoms with Gasteiger partial charge in [-0.3, -0.25) is 9.59 Å². The summed E-state index contributed by atoms with van der Waals surface area (Å²) in [7, 11) is 3.67. The van der Waals surface area contributed by atoms with Crippen LogP contribution in [0.5, 0.6) is 0 Å². The molecule has 0 bridgehead atoms. The Morgan fingerprint density at radius 3 is 2.22 bits per heavy atom. The van der Waals surface area contributed by atoms with Crippen LogP contribution in [0.25, 0.3) is 0 Å². The van der Waals surface area contributed by atoms with E-state index >= 15 is 0 Å². The van der Waals surface area contributed by atoms with Gasteiger partial charge in [-0.25, -0.2) is 9.38 Å². The fraction of sp³-hybridized carbons (Fsp3) is 0.500. The molecular weight excluding hydrogens is 632 g/mol. The monoisotopic (exact) mass is 671 g/mol. The molecule has 0 saturated carbocycles. The van der Waals surface area contributed by atoms with E-state index in [0.717, 1.165) is 22.0 Å². The van der Waals surface area contributed by atoms with Crippen molar-refractivity contribution >= 4 is 51.9 Å². The Balaban J connectivity index is 1.37. The van der Waals surface area contributed by atoms with Gasteiger partial charge in [-0.1, -0.05) is 61.3 Å². The number of rotatable bonds is 6. The summed E-state index contributed by atoms with van der Waals surface area (Å²) in [5.41, 5.74) is 2.26. The van der Waals surface area contributed by atoms with Gasteiger partial charge in [0.25, 0.3) is 5.91 Å². The number of benzene rings is 2. The Morgan fingerprint density at radius 1 is 1.02 bits per heavy atom. The average Bonchev–Trinajstić information content (AvgIpc) is 3.74. The molecule has 2 aromatic rings. The molecule has 7 nitrogen and oxygen atoms in total. The zero-order valence-corrected chi connectivity index (χ0v) is 28.8. The summed E-state index contributed by atoms with van der Waals surface area (Å²) < 4.78 is 14.8. The fourth-order valence-electron chi connectivity index (χ4n) is 7.37. The molecule has 4 aliphatic heterocycles. The number of likely N-dealkylation sites (N-methyl/N-ethyl adjacent to an activating group) is 1. The Kier molecular flexibility index (Phi) is 8.78. The number of likely N-dealkylation sites (tertiary alicyclic amines) is 2. The third-order valence-electron chi connectivity index (χ3n) is 9.75. The molecule has 0 unspecified atom stereocenters. The number of thioether (sulfide) groups is 1. The van der Waals surface area contributed by atoms with Crippen LogP contribution < -0.4 is 0 Å². The Morgan fingerprint density at radius 2 is 1.64 bits per heavy atom. The molecule has 0 aromatic heterocycles. The van der Waals surface area contributed by atoms with Gasteiger partial charge < -0.3 is 19.6 Å². The minimum atomic E-state index is -1.11. The van der Waals surface area contributed by atoms with Gasteiger partial charge in [-0.05, 0) is 93.9 Å². The highest BCUT2D eigenvalue weighted by molar-refractivity contribution is 8.18. The van der Waals surface area contributed by atoms with E-state index in [0.29, 0.717) is 34.3 Å². The second kappa shape index (κ2) is 12.2. The summed E-state index contributed by atoms with van der Waals surface area (Å²) in [5, 5.41) is 2.05. The fourth-order valence-corrected chi connectivity index (χ4v) is 8.98. The van der Waals surface area contributed by atoms with Gasteiger partial charge in [0.1, 0.15) is 22.7 Å². The Labute approximate surface area is 279 Å². The zero-order chi connectivity index (χ0) is 32.4. The van der Waals surface area contributed by atoms with Crippen LogP contribution in [-0.2, 0) is 15.1 Å². The van der Waals surface area contributed by atoms with Crippen molar-refractivity contribution in [1.82, 2.24) is 19.6 Å². The average molecular weight is 673 g/mol. The minimum absolute atomic E-state index is 0.00898. The first-order chi connectivity index (χ1) is 21.3. The second-order valence-electron chi connectivity index (χ2n) is 13.3. The molecule has 0 N–H and O–H groups in total. The first-order valence-corrected chi connectivity index (χ1v) is 17.1. The van der Waals surface area contributed by atoms with E-state index in [1.54, 1.807) is 9.80 Å². The number of amides is 2. The van der Waals surface area contributed by atoms with E-state index in [-0.39, 0.29) is 42.4 Å². The topological polar surface area (TPSA) is 59.5 Å². The number of aliphatic imine (C=N–C) groups is 1. The summed E-state index contributed by atoms with van der Waals surface area (Å²) in [4.78, 5) is 41.8. The molecule has 0 spiro atoms. The number of fused-ring (bicyclic) bond motifs is 1. The van der Waals surface area contributed by atoms with Crippen molar-refractivity contribution in [2.75, 3.05) is 27.2 Å². The molecular formula is C34H40Cl2FN5O2S. The number of carbonyl (C=O) groups is 2. The van der Waals surface area contributed by atoms with Gasteiger partial charge >= 0.3 is 0 Å². The lowest BCUT2D eigenvalue weighted by Gasteiger charge is -2.37. The van der Waals surface area contributed by atoms with Gasteiger partial charge in [0, 0.05) is 28.3 Å². The molecule has 11 heteroatoms. The summed E-state index contributed by atoms with van der Waals surface area (Å²) in [6, 6.07) is 14.3. The van der Waals surface area contributed by atoms with Crippen LogP contribution in [0, 0.1) is 5.92 Å². The Hall–Kier alpha value is -2.59. The summed E-state index contributed by atoms with van der Waals surface area (Å²) in [5.74, 6) is -0.334. The molecule has 2 saturated heterocycles. The van der Waals surface area contributed by atoms with Gasteiger partial charge in [0.15, 0.2) is 5.17 Å². The van der Waals surface area contributed by atoms with Crippen LogP contribution in [0.2, 0.25) is 10.0 Å². The van der Waals surface area contributed by atoms with Gasteiger partial charge in [-0.2, -0.15) is 0 Å². The van der Waals surface area contributed by atoms with Crippen molar-refractivity contribution < 1.29 is 14.0 Å². The van der Waals surface area contributed by atoms with Crippen LogP contribution in [-0.4, -0.2) is 88.1 Å². The number of allylic oxidation sites excluding steroid dienone is 1. The predicted octanol–water partition coefficient (Wildman–Crippen LogP) is 6.73. The highest BCUT2D eigenvalue weighted by atomic mass is 35.5. The molecule has 6 atom stereocenters. The number of hydrogen-bond donors (Lipinski definition) is 0. The minimum Gasteiger partial charge on any atom is -0.336 e. The molecule has 6 rings (SSSR count). The third-order valence-corrected chi connectivity index (χ3v) is 11.3. The maximum atomic E-state index is 14.8. The largest absolute Gasteiger partial charge is 0.336 e. The Bertz CT molecular complexity index is 1550. The van der Waals surface area contributed by atoms with Crippen LogP contribution in [0.3, 0.4) is 0 Å². The number of alkyl halides is 1. The SMILES string of the molecule is CC(C)C1=C(C(=O)N2[C@H](C)CC[C@H]2C(=O)N2C[C@H](F)[C@@H](N(C)C)C2)SC2=N[C@@](C)(c3ccc(Cl)cc3)[C@@H](c3ccc(Cl)cc3)N21. The van der Waals surface area contributed by atoms with Crippen molar-refractivity contribution in [3.05, 3.63) is 80.3 Å². The first-order valence-electron chi connectivity index (χ1n) is 15.6. The highest BCUT2D eigenvalue weighted by Crippen LogP contribution is 2.56. The molecule has 2 aromatic carbocycles. The van der Waals surface area contributed by atoms with Crippen molar-refractivity contribution in [3.63, 3.8) is 0 Å². The van der Waals surface area contributed by atoms with Crippen molar-refractivity contribution in [2.24, 2.45) is 10.9 Å². The molecule has 45 heavy (non-hydrogen) atoms. The molecule has 4 aliphatic rings. The number of carbonyl (C=O) groups excluding carboxylic acids is 2. The molecule has 240 valence electrons. The second-order valence-corrected chi connectivity index (χ2v) is 15.1. The normalized spacial score (nSPS) is 29.8. The van der Waals surface area contributed by atoms with Crippen LogP contribution in [0.1, 0.15) is 57.7 Å². The van der Waals surface area contributed by atoms with E-state index in [4.69, 9.17) is 28.2 Å². The molecule has 0 radical (unpaired) electrons. The number of hydrogen-bond acceptors (Lipinski definition) is 6. The molecule has 2 amide bonds. The van der Waals surface area contributed by atoms with Crippen LogP contribution >= 0.6 is 35.0 Å². The summed E-state index contributed by atoms with van der Waals surface area (Å²) >= 11 is 14.0. The standard InChI is InChI=1S/C34H40Cl2FN5O2S/c1-19(2)28-29(32(44)41-20(3)7-16-26(41)31(43)40-17-25(37)27(18-40)39(5)6)45-33-38-34(4,22-10-14-24(36)15-11-22)30(42(28)33)21-8-12-23(35)13-9-21/h8-15,19-20,25-27,30H,7,16-18H2,1-6H3/t20-,25+,26+,27+,30-,34+/m1/s1. The van der Waals surface area contributed by atoms with E-state index in [9.17, 15) is 14.0 Å². The maximum absolute atomic E-state index is 14.8. The van der Waals surface area contributed by atoms with E-state index in [1.807, 2.05) is 74.4 Å². The quantitative estimate of drug-likeness (QED) is 0.341. The molecule has 4 heterocycles. The predicted molar refractivity (Wildman–Crippen MR) is 180 cm³/mol. The lowest BCUT2D eigenvalue weighted by atomic mass is 9.81. The molecule has 2 fully saturated rings. The van der Waals surface area contributed by atoms with Crippen LogP contribution in [0.4, 0.5) is 4.39 Å². The lowest BCUT2D eigenvalue weighted by molar-refractivity contribution is -0.142. The molecule has 0 aliphatic carbocycles. The lowest BCUT2D eigenvalue weighted by Crippen LogP contribution is -2.50. The number of halogens is 3. The van der Waals surface area contributed by atoms with Gasteiger partial charge in [0.05, 0.1) is 18.6 Å². The number of nitrogens with zero attached hydrogens (tertiary/aromatic N) is 5. The smallest absolute Gasteiger partial charge is 0.263 e. The van der Waals surface area contributed by atoms with Crippen molar-refractivity contribution in [1.29, 1.82) is 0 Å². The van der Waals surface area contributed by atoms with Crippen LogP contribution in [0.15, 0.2) is 64.1 Å². The van der Waals surface area contributed by atoms with Gasteiger partial charge in [0.2, 0.25) is 5.91 Å². The summed E-state index contributed by atoms with van der Waals surface area (Å²) in [6.07, 6.45) is 0.166. The van der Waals surface area contributed by atoms with E-state index in [1.165, 1.54) is 11.8 Å². The number of amidine groups is 1. The zero-order valence-electron chi connectivity index (χ0n) is 26.5. The van der Waals surface area contributed by atoms with E-state index < -0.39 is 17.8 Å².